The van der Waals surface area contributed by atoms with Crippen LogP contribution in [-0.4, -0.2) is 6.03 Å². The smallest absolute Gasteiger partial charge is 0.314 e. The van der Waals surface area contributed by atoms with Gasteiger partial charge in [-0.1, -0.05) is 17.2 Å². The van der Waals surface area contributed by atoms with Crippen molar-refractivity contribution in [1.82, 2.24) is 5.32 Å². The molecule has 0 saturated carbocycles. The van der Waals surface area contributed by atoms with Crippen molar-refractivity contribution in [2.75, 3.05) is 5.32 Å². The number of carbonyl (C=O) groups excluding carboxylic acids is 1. The van der Waals surface area contributed by atoms with Crippen molar-refractivity contribution in [3.05, 3.63) is 41.1 Å². The van der Waals surface area contributed by atoms with Crippen molar-refractivity contribution in [2.24, 2.45) is 0 Å². The van der Waals surface area contributed by atoms with Crippen molar-refractivity contribution < 1.29 is 4.79 Å². The summed E-state index contributed by atoms with van der Waals surface area (Å²) in [7, 11) is 0. The number of benzene rings is 1. The van der Waals surface area contributed by atoms with Crippen LogP contribution in [0, 0.1) is 0 Å². The summed E-state index contributed by atoms with van der Waals surface area (Å²) in [4.78, 5) is 11.3. The van der Waals surface area contributed by atoms with Crippen molar-refractivity contribution in [2.45, 2.75) is 13.8 Å². The summed E-state index contributed by atoms with van der Waals surface area (Å²) in [5.41, 5.74) is 1.74. The lowest BCUT2D eigenvalue weighted by Gasteiger charge is -2.04. The average molecular weight is 225 g/mol. The van der Waals surface area contributed by atoms with E-state index in [-0.39, 0.29) is 6.03 Å². The molecular formula is C11H13ClN2O. The van der Waals surface area contributed by atoms with Crippen LogP contribution in [0.15, 0.2) is 36.0 Å². The fourth-order valence-corrected chi connectivity index (χ4v) is 1.04. The summed E-state index contributed by atoms with van der Waals surface area (Å²) in [6.45, 7) is 3.81. The van der Waals surface area contributed by atoms with Crippen LogP contribution >= 0.6 is 11.6 Å². The molecule has 80 valence electrons. The van der Waals surface area contributed by atoms with Crippen LogP contribution in [0.5, 0.6) is 0 Å². The van der Waals surface area contributed by atoms with E-state index in [2.05, 4.69) is 10.6 Å². The summed E-state index contributed by atoms with van der Waals surface area (Å²) in [6.07, 6.45) is 1.64. The zero-order valence-corrected chi connectivity index (χ0v) is 9.43. The van der Waals surface area contributed by atoms with Gasteiger partial charge in [-0.25, -0.2) is 4.79 Å². The molecule has 0 unspecified atom stereocenters. The largest absolute Gasteiger partial charge is 0.323 e. The normalized spacial score (nSPS) is 9.27. The molecular weight excluding hydrogens is 212 g/mol. The van der Waals surface area contributed by atoms with Gasteiger partial charge in [0.2, 0.25) is 0 Å². The fraction of sp³-hybridized carbons (Fsp3) is 0.182. The van der Waals surface area contributed by atoms with E-state index in [1.165, 1.54) is 0 Å². The number of rotatable bonds is 2. The van der Waals surface area contributed by atoms with Crippen molar-refractivity contribution >= 4 is 23.3 Å². The molecule has 2 amide bonds. The number of anilines is 1. The third-order valence-electron chi connectivity index (χ3n) is 1.59. The zero-order valence-electron chi connectivity index (χ0n) is 8.67. The molecule has 0 aromatic heterocycles. The van der Waals surface area contributed by atoms with E-state index in [0.717, 1.165) is 5.57 Å². The molecule has 3 nitrogen and oxygen atoms in total. The van der Waals surface area contributed by atoms with Crippen LogP contribution in [0.3, 0.4) is 0 Å². The van der Waals surface area contributed by atoms with Gasteiger partial charge in [0.15, 0.2) is 0 Å². The first-order valence-corrected chi connectivity index (χ1v) is 4.92. The second kappa shape index (κ2) is 5.41. The molecule has 0 fully saturated rings. The Morgan fingerprint density at radius 1 is 1.27 bits per heavy atom. The second-order valence-corrected chi connectivity index (χ2v) is 3.76. The number of amides is 2. The summed E-state index contributed by atoms with van der Waals surface area (Å²) in [6, 6.07) is 6.66. The van der Waals surface area contributed by atoms with Gasteiger partial charge in [-0.2, -0.15) is 0 Å². The fourth-order valence-electron chi connectivity index (χ4n) is 0.910. The zero-order chi connectivity index (χ0) is 11.3. The van der Waals surface area contributed by atoms with Gasteiger partial charge in [0.05, 0.1) is 0 Å². The Kier molecular flexibility index (Phi) is 4.18. The molecule has 0 aliphatic carbocycles. The lowest BCUT2D eigenvalue weighted by Crippen LogP contribution is -2.24. The molecule has 2 N–H and O–H groups in total. The molecule has 1 aromatic carbocycles. The topological polar surface area (TPSA) is 41.1 Å². The van der Waals surface area contributed by atoms with Gasteiger partial charge >= 0.3 is 6.03 Å². The summed E-state index contributed by atoms with van der Waals surface area (Å²) < 4.78 is 0. The van der Waals surface area contributed by atoms with Crippen LogP contribution in [0.1, 0.15) is 13.8 Å². The second-order valence-electron chi connectivity index (χ2n) is 3.33. The van der Waals surface area contributed by atoms with Gasteiger partial charge in [-0.15, -0.1) is 0 Å². The maximum atomic E-state index is 11.3. The summed E-state index contributed by atoms with van der Waals surface area (Å²) in [5.74, 6) is 0. The third kappa shape index (κ3) is 4.51. The van der Waals surface area contributed by atoms with E-state index >= 15 is 0 Å². The molecule has 1 aromatic rings. The Hall–Kier alpha value is -1.48. The number of urea groups is 1. The van der Waals surface area contributed by atoms with Crippen LogP contribution in [-0.2, 0) is 0 Å². The maximum Gasteiger partial charge on any atom is 0.323 e. The molecule has 0 radical (unpaired) electrons. The number of halogens is 1. The molecule has 0 aliphatic heterocycles. The van der Waals surface area contributed by atoms with Gasteiger partial charge in [-0.3, -0.25) is 0 Å². The number of hydrogen-bond donors (Lipinski definition) is 2. The SMILES string of the molecule is CC(C)=CNC(=O)Nc1ccc(Cl)cc1. The molecule has 15 heavy (non-hydrogen) atoms. The third-order valence-corrected chi connectivity index (χ3v) is 1.85. The van der Waals surface area contributed by atoms with Gasteiger partial charge in [0.1, 0.15) is 0 Å². The maximum absolute atomic E-state index is 11.3. The first kappa shape index (κ1) is 11.6. The summed E-state index contributed by atoms with van der Waals surface area (Å²) >= 11 is 5.71. The monoisotopic (exact) mass is 224 g/mol. The molecule has 4 heteroatoms. The van der Waals surface area contributed by atoms with Crippen molar-refractivity contribution in [3.8, 4) is 0 Å². The van der Waals surface area contributed by atoms with Gasteiger partial charge in [0.25, 0.3) is 0 Å². The Morgan fingerprint density at radius 3 is 2.40 bits per heavy atom. The highest BCUT2D eigenvalue weighted by Gasteiger charge is 1.98. The molecule has 0 bridgehead atoms. The number of allylic oxidation sites excluding steroid dienone is 1. The Balaban J connectivity index is 2.51. The lowest BCUT2D eigenvalue weighted by atomic mass is 10.3. The number of carbonyl (C=O) groups is 1. The highest BCUT2D eigenvalue weighted by atomic mass is 35.5. The van der Waals surface area contributed by atoms with Gasteiger partial charge < -0.3 is 10.6 Å². The van der Waals surface area contributed by atoms with Gasteiger partial charge in [0, 0.05) is 16.9 Å². The van der Waals surface area contributed by atoms with Crippen LogP contribution in [0.25, 0.3) is 0 Å². The van der Waals surface area contributed by atoms with E-state index < -0.39 is 0 Å². The van der Waals surface area contributed by atoms with E-state index in [0.29, 0.717) is 10.7 Å². The summed E-state index contributed by atoms with van der Waals surface area (Å²) in [5, 5.41) is 5.92. The van der Waals surface area contributed by atoms with E-state index in [1.807, 2.05) is 13.8 Å². The highest BCUT2D eigenvalue weighted by Crippen LogP contribution is 2.12. The molecule has 0 saturated heterocycles. The average Bonchev–Trinajstić information content (AvgIpc) is 2.19. The van der Waals surface area contributed by atoms with Crippen molar-refractivity contribution in [1.29, 1.82) is 0 Å². The first-order valence-electron chi connectivity index (χ1n) is 4.54. The minimum absolute atomic E-state index is 0.265. The predicted octanol–water partition coefficient (Wildman–Crippen LogP) is 3.39. The highest BCUT2D eigenvalue weighted by molar-refractivity contribution is 6.30. The predicted molar refractivity (Wildman–Crippen MR) is 63.0 cm³/mol. The Bertz CT molecular complexity index is 367. The van der Waals surface area contributed by atoms with Gasteiger partial charge in [-0.05, 0) is 38.1 Å². The standard InChI is InChI=1S/C11H13ClN2O/c1-8(2)7-13-11(15)14-10-5-3-9(12)4-6-10/h3-7H,1-2H3,(H2,13,14,15). The molecule has 0 aliphatic rings. The lowest BCUT2D eigenvalue weighted by molar-refractivity contribution is 0.255. The molecule has 0 spiro atoms. The molecule has 0 atom stereocenters. The molecule has 0 heterocycles. The first-order chi connectivity index (χ1) is 7.08. The Labute approximate surface area is 94.1 Å². The van der Waals surface area contributed by atoms with E-state index in [9.17, 15) is 4.79 Å². The van der Waals surface area contributed by atoms with Crippen LogP contribution < -0.4 is 10.6 Å². The van der Waals surface area contributed by atoms with Crippen LogP contribution in [0.4, 0.5) is 10.5 Å². The van der Waals surface area contributed by atoms with Crippen LogP contribution in [0.2, 0.25) is 5.02 Å². The quantitative estimate of drug-likeness (QED) is 0.795. The number of hydrogen-bond acceptors (Lipinski definition) is 1. The van der Waals surface area contributed by atoms with Crippen molar-refractivity contribution in [3.63, 3.8) is 0 Å². The number of nitrogens with one attached hydrogen (secondary N) is 2. The minimum atomic E-state index is -0.265. The van der Waals surface area contributed by atoms with E-state index in [1.54, 1.807) is 30.5 Å². The Morgan fingerprint density at radius 2 is 1.87 bits per heavy atom. The van der Waals surface area contributed by atoms with E-state index in [4.69, 9.17) is 11.6 Å². The molecule has 1 rings (SSSR count). The minimum Gasteiger partial charge on any atom is -0.314 e.